The van der Waals surface area contributed by atoms with Gasteiger partial charge in [0.2, 0.25) is 0 Å². The maximum absolute atomic E-state index is 4.23. The van der Waals surface area contributed by atoms with Crippen LogP contribution in [0.5, 0.6) is 0 Å². The SMILES string of the molecule is c1ccc(N=Nc2ccc(N3CCC3)cc2)cc1. The molecule has 0 aromatic heterocycles. The monoisotopic (exact) mass is 237 g/mol. The van der Waals surface area contributed by atoms with Crippen LogP contribution in [0.1, 0.15) is 6.42 Å². The van der Waals surface area contributed by atoms with Crippen LogP contribution in [0.2, 0.25) is 0 Å². The molecule has 1 heterocycles. The fourth-order valence-corrected chi connectivity index (χ4v) is 1.91. The molecule has 0 aliphatic carbocycles. The molecule has 1 aliphatic rings. The molecule has 18 heavy (non-hydrogen) atoms. The number of anilines is 1. The Kier molecular flexibility index (Phi) is 3.05. The van der Waals surface area contributed by atoms with Gasteiger partial charge in [-0.2, -0.15) is 10.2 Å². The molecule has 90 valence electrons. The van der Waals surface area contributed by atoms with E-state index in [1.807, 2.05) is 42.5 Å². The van der Waals surface area contributed by atoms with Crippen molar-refractivity contribution in [2.75, 3.05) is 18.0 Å². The highest BCUT2D eigenvalue weighted by Crippen LogP contribution is 2.24. The summed E-state index contributed by atoms with van der Waals surface area (Å²) in [5.41, 5.74) is 3.05. The molecule has 0 unspecified atom stereocenters. The minimum atomic E-state index is 0.879. The quantitative estimate of drug-likeness (QED) is 0.731. The zero-order chi connectivity index (χ0) is 12.2. The van der Waals surface area contributed by atoms with Gasteiger partial charge in [-0.3, -0.25) is 0 Å². The topological polar surface area (TPSA) is 28.0 Å². The van der Waals surface area contributed by atoms with E-state index in [0.29, 0.717) is 0 Å². The van der Waals surface area contributed by atoms with Gasteiger partial charge >= 0.3 is 0 Å². The van der Waals surface area contributed by atoms with E-state index in [9.17, 15) is 0 Å². The molecule has 0 bridgehead atoms. The highest BCUT2D eigenvalue weighted by molar-refractivity contribution is 5.54. The average Bonchev–Trinajstić information content (AvgIpc) is 2.37. The van der Waals surface area contributed by atoms with Crippen LogP contribution in [-0.2, 0) is 0 Å². The molecule has 1 fully saturated rings. The first kappa shape index (κ1) is 11.0. The lowest BCUT2D eigenvalue weighted by atomic mass is 10.2. The Morgan fingerprint density at radius 3 is 1.89 bits per heavy atom. The first-order chi connectivity index (χ1) is 8.92. The van der Waals surface area contributed by atoms with Crippen LogP contribution in [0.4, 0.5) is 17.1 Å². The smallest absolute Gasteiger partial charge is 0.0858 e. The molecule has 0 N–H and O–H groups in total. The van der Waals surface area contributed by atoms with Gasteiger partial charge in [-0.25, -0.2) is 0 Å². The third-order valence-corrected chi connectivity index (χ3v) is 3.11. The van der Waals surface area contributed by atoms with Crippen LogP contribution in [0, 0.1) is 0 Å². The Morgan fingerprint density at radius 2 is 1.33 bits per heavy atom. The van der Waals surface area contributed by atoms with Crippen LogP contribution in [0.3, 0.4) is 0 Å². The molecule has 0 amide bonds. The predicted molar refractivity (Wildman–Crippen MR) is 73.9 cm³/mol. The second kappa shape index (κ2) is 5.00. The van der Waals surface area contributed by atoms with Crippen LogP contribution >= 0.6 is 0 Å². The third-order valence-electron chi connectivity index (χ3n) is 3.11. The Labute approximate surface area is 107 Å². The molecular weight excluding hydrogens is 222 g/mol. The van der Waals surface area contributed by atoms with E-state index in [-0.39, 0.29) is 0 Å². The fraction of sp³-hybridized carbons (Fsp3) is 0.200. The van der Waals surface area contributed by atoms with Crippen LogP contribution in [-0.4, -0.2) is 13.1 Å². The number of rotatable bonds is 3. The van der Waals surface area contributed by atoms with E-state index in [1.165, 1.54) is 25.2 Å². The molecule has 0 radical (unpaired) electrons. The van der Waals surface area contributed by atoms with E-state index in [1.54, 1.807) is 0 Å². The van der Waals surface area contributed by atoms with Crippen LogP contribution in [0.15, 0.2) is 64.8 Å². The van der Waals surface area contributed by atoms with Gasteiger partial charge in [0, 0.05) is 18.8 Å². The summed E-state index contributed by atoms with van der Waals surface area (Å²) in [4.78, 5) is 2.36. The Hall–Kier alpha value is -2.16. The molecule has 3 rings (SSSR count). The zero-order valence-electron chi connectivity index (χ0n) is 10.2. The van der Waals surface area contributed by atoms with E-state index >= 15 is 0 Å². The van der Waals surface area contributed by atoms with Crippen molar-refractivity contribution in [2.45, 2.75) is 6.42 Å². The Balaban J connectivity index is 1.71. The molecule has 0 spiro atoms. The van der Waals surface area contributed by atoms with Crippen molar-refractivity contribution in [3.05, 3.63) is 54.6 Å². The Morgan fingerprint density at radius 1 is 0.722 bits per heavy atom. The van der Waals surface area contributed by atoms with Gasteiger partial charge in [0.05, 0.1) is 11.4 Å². The summed E-state index contributed by atoms with van der Waals surface area (Å²) in [7, 11) is 0. The van der Waals surface area contributed by atoms with Crippen molar-refractivity contribution in [2.24, 2.45) is 10.2 Å². The molecule has 0 saturated carbocycles. The number of hydrogen-bond acceptors (Lipinski definition) is 3. The maximum Gasteiger partial charge on any atom is 0.0858 e. The molecule has 2 aromatic carbocycles. The summed E-state index contributed by atoms with van der Waals surface area (Å²) in [5, 5.41) is 8.42. The molecule has 0 atom stereocenters. The number of hydrogen-bond donors (Lipinski definition) is 0. The summed E-state index contributed by atoms with van der Waals surface area (Å²) in [5.74, 6) is 0. The number of benzene rings is 2. The average molecular weight is 237 g/mol. The highest BCUT2D eigenvalue weighted by Gasteiger charge is 2.13. The lowest BCUT2D eigenvalue weighted by Crippen LogP contribution is -2.36. The van der Waals surface area contributed by atoms with Gasteiger partial charge in [-0.05, 0) is 42.8 Å². The second-order valence-electron chi connectivity index (χ2n) is 4.39. The first-order valence-electron chi connectivity index (χ1n) is 6.24. The standard InChI is InChI=1S/C15H15N3/c1-2-5-13(6-3-1)16-17-14-7-9-15(10-8-14)18-11-4-12-18/h1-3,5-10H,4,11-12H2. The van der Waals surface area contributed by atoms with Crippen molar-refractivity contribution in [3.63, 3.8) is 0 Å². The predicted octanol–water partition coefficient (Wildman–Crippen LogP) is 4.31. The van der Waals surface area contributed by atoms with E-state index in [0.717, 1.165) is 11.4 Å². The maximum atomic E-state index is 4.23. The largest absolute Gasteiger partial charge is 0.371 e. The van der Waals surface area contributed by atoms with Crippen molar-refractivity contribution >= 4 is 17.1 Å². The zero-order valence-corrected chi connectivity index (χ0v) is 10.2. The minimum Gasteiger partial charge on any atom is -0.371 e. The van der Waals surface area contributed by atoms with Crippen molar-refractivity contribution in [1.29, 1.82) is 0 Å². The van der Waals surface area contributed by atoms with E-state index in [4.69, 9.17) is 0 Å². The van der Waals surface area contributed by atoms with Gasteiger partial charge in [0.15, 0.2) is 0 Å². The lowest BCUT2D eigenvalue weighted by molar-refractivity contribution is 0.618. The van der Waals surface area contributed by atoms with Crippen LogP contribution < -0.4 is 4.90 Å². The summed E-state index contributed by atoms with van der Waals surface area (Å²) in [6.45, 7) is 2.34. The molecule has 3 nitrogen and oxygen atoms in total. The molecule has 3 heteroatoms. The van der Waals surface area contributed by atoms with Gasteiger partial charge in [0.1, 0.15) is 0 Å². The van der Waals surface area contributed by atoms with Crippen molar-refractivity contribution < 1.29 is 0 Å². The third kappa shape index (κ3) is 2.40. The van der Waals surface area contributed by atoms with Gasteiger partial charge in [0.25, 0.3) is 0 Å². The van der Waals surface area contributed by atoms with Crippen molar-refractivity contribution in [3.8, 4) is 0 Å². The first-order valence-corrected chi connectivity index (χ1v) is 6.24. The molecule has 2 aromatic rings. The van der Waals surface area contributed by atoms with Crippen LogP contribution in [0.25, 0.3) is 0 Å². The summed E-state index contributed by atoms with van der Waals surface area (Å²) in [6.07, 6.45) is 1.30. The number of nitrogens with zero attached hydrogens (tertiary/aromatic N) is 3. The van der Waals surface area contributed by atoms with E-state index < -0.39 is 0 Å². The van der Waals surface area contributed by atoms with E-state index in [2.05, 4.69) is 27.3 Å². The van der Waals surface area contributed by atoms with Gasteiger partial charge in [-0.1, -0.05) is 18.2 Å². The minimum absolute atomic E-state index is 0.879. The molecule has 1 aliphatic heterocycles. The number of azo groups is 1. The molecule has 1 saturated heterocycles. The summed E-state index contributed by atoms with van der Waals surface area (Å²) >= 11 is 0. The normalized spacial score (nSPS) is 14.8. The lowest BCUT2D eigenvalue weighted by Gasteiger charge is -2.33. The fourth-order valence-electron chi connectivity index (χ4n) is 1.91. The summed E-state index contributed by atoms with van der Waals surface area (Å²) in [6, 6.07) is 18.0. The van der Waals surface area contributed by atoms with Gasteiger partial charge in [-0.15, -0.1) is 0 Å². The highest BCUT2D eigenvalue weighted by atomic mass is 15.2. The van der Waals surface area contributed by atoms with Gasteiger partial charge < -0.3 is 4.90 Å². The second-order valence-corrected chi connectivity index (χ2v) is 4.39. The summed E-state index contributed by atoms with van der Waals surface area (Å²) < 4.78 is 0. The van der Waals surface area contributed by atoms with Crippen molar-refractivity contribution in [1.82, 2.24) is 0 Å². The Bertz CT molecular complexity index is 527. The molecular formula is C15H15N3.